The summed E-state index contributed by atoms with van der Waals surface area (Å²) in [6, 6.07) is 4.73. The number of alkyl halides is 3. The van der Waals surface area contributed by atoms with Crippen molar-refractivity contribution in [2.24, 2.45) is 0 Å². The molecule has 3 rings (SSSR count). The Morgan fingerprint density at radius 2 is 2.14 bits per heavy atom. The van der Waals surface area contributed by atoms with Crippen LogP contribution in [0.3, 0.4) is 0 Å². The fraction of sp³-hybridized carbons (Fsp3) is 0.333. The topological polar surface area (TPSA) is 60.5 Å². The predicted molar refractivity (Wildman–Crippen MR) is 92.1 cm³/mol. The maximum atomic E-state index is 13.6. The van der Waals surface area contributed by atoms with E-state index in [1.807, 2.05) is 0 Å². The van der Waals surface area contributed by atoms with Crippen molar-refractivity contribution in [1.82, 2.24) is 10.3 Å². The van der Waals surface area contributed by atoms with Crippen LogP contribution >= 0.6 is 11.6 Å². The van der Waals surface area contributed by atoms with Gasteiger partial charge in [0.2, 0.25) is 5.88 Å². The molecule has 0 aliphatic carbocycles. The Labute approximate surface area is 162 Å². The molecule has 0 saturated heterocycles. The van der Waals surface area contributed by atoms with Crippen molar-refractivity contribution in [1.29, 1.82) is 0 Å². The SMILES string of the molecule is O=C(N[C@@H]1CCCOc2ccc(F)cc21)c1cnc(OCC(F)(F)F)c(Cl)c1. The summed E-state index contributed by atoms with van der Waals surface area (Å²) in [5.74, 6) is -0.958. The zero-order valence-electron chi connectivity index (χ0n) is 14.4. The van der Waals surface area contributed by atoms with E-state index in [0.29, 0.717) is 30.8 Å². The standard InChI is InChI=1S/C18H15ClF4N2O3/c19-13-6-10(8-24-17(13)28-9-18(21,22)23)16(26)25-14-2-1-5-27-15-4-3-11(20)7-12(14)15/h3-4,6-8,14H,1-2,5,9H2,(H,25,26)/t14-/m1/s1. The van der Waals surface area contributed by atoms with Crippen molar-refractivity contribution in [2.45, 2.75) is 25.1 Å². The largest absolute Gasteiger partial charge is 0.493 e. The minimum atomic E-state index is -4.54. The summed E-state index contributed by atoms with van der Waals surface area (Å²) in [6.07, 6.45) is -2.31. The van der Waals surface area contributed by atoms with Crippen LogP contribution in [-0.2, 0) is 0 Å². The monoisotopic (exact) mass is 418 g/mol. The first-order valence-corrected chi connectivity index (χ1v) is 8.69. The van der Waals surface area contributed by atoms with Crippen LogP contribution in [0.5, 0.6) is 11.6 Å². The molecule has 0 spiro atoms. The van der Waals surface area contributed by atoms with Crippen LogP contribution in [0.2, 0.25) is 5.02 Å². The molecule has 1 N–H and O–H groups in total. The number of rotatable bonds is 4. The Balaban J connectivity index is 1.75. The molecular weight excluding hydrogens is 404 g/mol. The van der Waals surface area contributed by atoms with Crippen LogP contribution in [-0.4, -0.2) is 30.3 Å². The fourth-order valence-corrected chi connectivity index (χ4v) is 2.97. The molecule has 1 amide bonds. The molecule has 0 saturated carbocycles. The van der Waals surface area contributed by atoms with Gasteiger partial charge >= 0.3 is 6.18 Å². The second kappa shape index (κ2) is 8.22. The van der Waals surface area contributed by atoms with E-state index in [1.54, 1.807) is 0 Å². The Kier molecular flexibility index (Phi) is 5.93. The number of pyridine rings is 1. The zero-order chi connectivity index (χ0) is 20.3. The number of halogens is 5. The van der Waals surface area contributed by atoms with Crippen LogP contribution in [0.25, 0.3) is 0 Å². The summed E-state index contributed by atoms with van der Waals surface area (Å²) in [4.78, 5) is 16.2. The predicted octanol–water partition coefficient (Wildman–Crippen LogP) is 4.46. The van der Waals surface area contributed by atoms with Gasteiger partial charge in [0, 0.05) is 11.8 Å². The number of aromatic nitrogens is 1. The average Bonchev–Trinajstić information content (AvgIpc) is 2.82. The van der Waals surface area contributed by atoms with Crippen LogP contribution in [0.1, 0.15) is 34.8 Å². The summed E-state index contributed by atoms with van der Waals surface area (Å²) >= 11 is 5.87. The van der Waals surface area contributed by atoms with E-state index in [-0.39, 0.29) is 10.6 Å². The van der Waals surface area contributed by atoms with Gasteiger partial charge in [-0.05, 0) is 37.1 Å². The summed E-state index contributed by atoms with van der Waals surface area (Å²) < 4.78 is 60.4. The fourth-order valence-electron chi connectivity index (χ4n) is 2.75. The highest BCUT2D eigenvalue weighted by atomic mass is 35.5. The number of hydrogen-bond donors (Lipinski definition) is 1. The summed E-state index contributed by atoms with van der Waals surface area (Å²) in [5, 5.41) is 2.53. The maximum Gasteiger partial charge on any atom is 0.422 e. The van der Waals surface area contributed by atoms with Crippen LogP contribution < -0.4 is 14.8 Å². The Morgan fingerprint density at radius 1 is 1.36 bits per heavy atom. The molecule has 1 aromatic carbocycles. The second-order valence-electron chi connectivity index (χ2n) is 6.11. The number of benzene rings is 1. The number of hydrogen-bond acceptors (Lipinski definition) is 4. The van der Waals surface area contributed by atoms with Crippen molar-refractivity contribution < 1.29 is 31.8 Å². The van der Waals surface area contributed by atoms with Crippen molar-refractivity contribution in [3.8, 4) is 11.6 Å². The number of ether oxygens (including phenoxy) is 2. The lowest BCUT2D eigenvalue weighted by Gasteiger charge is -2.18. The van der Waals surface area contributed by atoms with E-state index in [9.17, 15) is 22.4 Å². The molecule has 150 valence electrons. The van der Waals surface area contributed by atoms with E-state index < -0.39 is 36.4 Å². The molecule has 1 aliphatic heterocycles. The highest BCUT2D eigenvalue weighted by Crippen LogP contribution is 2.32. The zero-order valence-corrected chi connectivity index (χ0v) is 15.1. The van der Waals surface area contributed by atoms with Gasteiger partial charge in [-0.25, -0.2) is 9.37 Å². The molecule has 2 heterocycles. The van der Waals surface area contributed by atoms with E-state index in [4.69, 9.17) is 16.3 Å². The first-order valence-electron chi connectivity index (χ1n) is 8.31. The van der Waals surface area contributed by atoms with Gasteiger partial charge in [0.15, 0.2) is 6.61 Å². The summed E-state index contributed by atoms with van der Waals surface area (Å²) in [7, 11) is 0. The number of nitrogens with zero attached hydrogens (tertiary/aromatic N) is 1. The Bertz CT molecular complexity index is 876. The van der Waals surface area contributed by atoms with Gasteiger partial charge < -0.3 is 14.8 Å². The smallest absolute Gasteiger partial charge is 0.422 e. The van der Waals surface area contributed by atoms with Gasteiger partial charge in [0.1, 0.15) is 16.6 Å². The molecule has 0 fully saturated rings. The second-order valence-corrected chi connectivity index (χ2v) is 6.52. The van der Waals surface area contributed by atoms with E-state index >= 15 is 0 Å². The number of carbonyl (C=O) groups excluding carboxylic acids is 1. The molecule has 5 nitrogen and oxygen atoms in total. The molecular formula is C18H15ClF4N2O3. The highest BCUT2D eigenvalue weighted by molar-refractivity contribution is 6.32. The third-order valence-corrected chi connectivity index (χ3v) is 4.26. The number of nitrogens with one attached hydrogen (secondary N) is 1. The van der Waals surface area contributed by atoms with Crippen LogP contribution in [0.15, 0.2) is 30.5 Å². The number of fused-ring (bicyclic) bond motifs is 1. The summed E-state index contributed by atoms with van der Waals surface area (Å²) in [6.45, 7) is -1.11. The Morgan fingerprint density at radius 3 is 2.86 bits per heavy atom. The van der Waals surface area contributed by atoms with Gasteiger partial charge in [0.25, 0.3) is 5.91 Å². The number of amides is 1. The van der Waals surface area contributed by atoms with Gasteiger partial charge in [-0.1, -0.05) is 11.6 Å². The minimum absolute atomic E-state index is 0.0347. The molecule has 10 heteroatoms. The van der Waals surface area contributed by atoms with Crippen molar-refractivity contribution in [3.05, 3.63) is 52.4 Å². The van der Waals surface area contributed by atoms with Gasteiger partial charge in [-0.2, -0.15) is 13.2 Å². The Hall–Kier alpha value is -2.55. The van der Waals surface area contributed by atoms with Gasteiger partial charge in [-0.15, -0.1) is 0 Å². The van der Waals surface area contributed by atoms with Crippen molar-refractivity contribution in [2.75, 3.05) is 13.2 Å². The highest BCUT2D eigenvalue weighted by Gasteiger charge is 2.29. The molecule has 0 unspecified atom stereocenters. The maximum absolute atomic E-state index is 13.6. The van der Waals surface area contributed by atoms with Gasteiger partial charge in [0.05, 0.1) is 18.2 Å². The quantitative estimate of drug-likeness (QED) is 0.745. The van der Waals surface area contributed by atoms with E-state index in [0.717, 1.165) is 12.3 Å². The number of carbonyl (C=O) groups is 1. The summed E-state index contributed by atoms with van der Waals surface area (Å²) in [5.41, 5.74) is 0.544. The first kappa shape index (κ1) is 20.2. The molecule has 1 atom stereocenters. The third-order valence-electron chi connectivity index (χ3n) is 3.99. The van der Waals surface area contributed by atoms with Crippen molar-refractivity contribution in [3.63, 3.8) is 0 Å². The van der Waals surface area contributed by atoms with Gasteiger partial charge in [-0.3, -0.25) is 4.79 Å². The third kappa shape index (κ3) is 5.03. The lowest BCUT2D eigenvalue weighted by Crippen LogP contribution is -2.28. The normalized spacial score (nSPS) is 16.5. The molecule has 0 bridgehead atoms. The molecule has 28 heavy (non-hydrogen) atoms. The molecule has 2 aromatic rings. The van der Waals surface area contributed by atoms with E-state index in [1.165, 1.54) is 18.2 Å². The minimum Gasteiger partial charge on any atom is -0.493 e. The first-order chi connectivity index (χ1) is 13.2. The lowest BCUT2D eigenvalue weighted by atomic mass is 10.0. The van der Waals surface area contributed by atoms with E-state index in [2.05, 4.69) is 15.0 Å². The molecule has 1 aromatic heterocycles. The molecule has 1 aliphatic rings. The molecule has 0 radical (unpaired) electrons. The van der Waals surface area contributed by atoms with Crippen molar-refractivity contribution >= 4 is 17.5 Å². The lowest BCUT2D eigenvalue weighted by molar-refractivity contribution is -0.154. The average molecular weight is 419 g/mol. The van der Waals surface area contributed by atoms with Crippen LogP contribution in [0.4, 0.5) is 17.6 Å². The van der Waals surface area contributed by atoms with Crippen LogP contribution in [0, 0.1) is 5.82 Å².